The molecule has 0 saturated carbocycles. The van der Waals surface area contributed by atoms with E-state index in [-0.39, 0.29) is 5.91 Å². The summed E-state index contributed by atoms with van der Waals surface area (Å²) in [5.74, 6) is -0.0808. The van der Waals surface area contributed by atoms with Crippen LogP contribution in [0.2, 0.25) is 0 Å². The molecule has 0 atom stereocenters. The van der Waals surface area contributed by atoms with E-state index in [1.54, 1.807) is 6.20 Å². The molecule has 4 heteroatoms. The van der Waals surface area contributed by atoms with Crippen LogP contribution in [0.1, 0.15) is 11.7 Å². The summed E-state index contributed by atoms with van der Waals surface area (Å²) in [6.45, 7) is 1.48. The van der Waals surface area contributed by atoms with Gasteiger partial charge in [-0.3, -0.25) is 20.0 Å². The smallest absolute Gasteiger partial charge is 0.228 e. The molecule has 1 aromatic carbocycles. The van der Waals surface area contributed by atoms with Crippen LogP contribution >= 0.6 is 0 Å². The van der Waals surface area contributed by atoms with E-state index in [9.17, 15) is 4.79 Å². The third-order valence-corrected chi connectivity index (χ3v) is 2.17. The lowest BCUT2D eigenvalue weighted by Gasteiger charge is -1.96. The predicted molar refractivity (Wildman–Crippen MR) is 53.6 cm³/mol. The van der Waals surface area contributed by atoms with Gasteiger partial charge in [-0.15, -0.1) is 0 Å². The maximum atomic E-state index is 11.2. The van der Waals surface area contributed by atoms with Gasteiger partial charge in [0.05, 0.1) is 11.2 Å². The van der Waals surface area contributed by atoms with E-state index in [0.29, 0.717) is 5.69 Å². The molecule has 14 heavy (non-hydrogen) atoms. The van der Waals surface area contributed by atoms with E-state index < -0.39 is 0 Å². The first-order valence-corrected chi connectivity index (χ1v) is 4.25. The van der Waals surface area contributed by atoms with Crippen molar-refractivity contribution in [1.29, 1.82) is 0 Å². The number of anilines is 1. The van der Waals surface area contributed by atoms with Crippen LogP contribution in [-0.2, 0) is 0 Å². The van der Waals surface area contributed by atoms with E-state index in [2.05, 4.69) is 5.48 Å². The van der Waals surface area contributed by atoms with Gasteiger partial charge < -0.3 is 0 Å². The fraction of sp³-hybridized carbons (Fsp3) is 0.100. The molecule has 1 aromatic heterocycles. The number of aromatic nitrogens is 1. The van der Waals surface area contributed by atoms with E-state index >= 15 is 0 Å². The summed E-state index contributed by atoms with van der Waals surface area (Å²) in [4.78, 5) is 11.2. The van der Waals surface area contributed by atoms with E-state index in [0.717, 1.165) is 10.9 Å². The fourth-order valence-corrected chi connectivity index (χ4v) is 1.53. The van der Waals surface area contributed by atoms with Crippen molar-refractivity contribution in [3.63, 3.8) is 0 Å². The highest BCUT2D eigenvalue weighted by Crippen LogP contribution is 2.24. The van der Waals surface area contributed by atoms with Gasteiger partial charge in [0.25, 0.3) is 0 Å². The first-order valence-electron chi connectivity index (χ1n) is 4.25. The van der Waals surface area contributed by atoms with Crippen molar-refractivity contribution in [3.8, 4) is 0 Å². The average molecular weight is 190 g/mol. The Kier molecular flexibility index (Phi) is 1.98. The number of para-hydroxylation sites is 1. The van der Waals surface area contributed by atoms with Gasteiger partial charge in [0.1, 0.15) is 0 Å². The summed E-state index contributed by atoms with van der Waals surface area (Å²) in [6.07, 6.45) is 1.58. The van der Waals surface area contributed by atoms with E-state index in [1.807, 2.05) is 24.3 Å². The molecule has 0 radical (unpaired) electrons. The van der Waals surface area contributed by atoms with Crippen LogP contribution in [0.15, 0.2) is 30.5 Å². The molecule has 2 rings (SSSR count). The highest BCUT2D eigenvalue weighted by atomic mass is 16.5. The van der Waals surface area contributed by atoms with Gasteiger partial charge in [-0.25, -0.2) is 0 Å². The number of nitrogens with zero attached hydrogens (tertiary/aromatic N) is 1. The molecular formula is C10H10N2O2. The van der Waals surface area contributed by atoms with Gasteiger partial charge >= 0.3 is 0 Å². The molecule has 2 N–H and O–H groups in total. The van der Waals surface area contributed by atoms with Crippen molar-refractivity contribution in [3.05, 3.63) is 30.5 Å². The van der Waals surface area contributed by atoms with Crippen LogP contribution in [0.5, 0.6) is 0 Å². The van der Waals surface area contributed by atoms with Crippen molar-refractivity contribution >= 4 is 22.5 Å². The molecule has 0 amide bonds. The summed E-state index contributed by atoms with van der Waals surface area (Å²) < 4.78 is 1.49. The molecule has 0 aliphatic heterocycles. The second kappa shape index (κ2) is 3.16. The van der Waals surface area contributed by atoms with Gasteiger partial charge in [-0.1, -0.05) is 18.2 Å². The number of hydrogen-bond acceptors (Lipinski definition) is 3. The molecular weight excluding hydrogens is 180 g/mol. The molecule has 0 unspecified atom stereocenters. The van der Waals surface area contributed by atoms with Crippen LogP contribution in [0.3, 0.4) is 0 Å². The fourth-order valence-electron chi connectivity index (χ4n) is 1.53. The minimum atomic E-state index is -0.0808. The van der Waals surface area contributed by atoms with E-state index in [4.69, 9.17) is 5.21 Å². The number of fused-ring (bicyclic) bond motifs is 1. The van der Waals surface area contributed by atoms with Gasteiger partial charge in [0.2, 0.25) is 5.91 Å². The Bertz CT molecular complexity index is 488. The van der Waals surface area contributed by atoms with E-state index in [1.165, 1.54) is 11.5 Å². The van der Waals surface area contributed by atoms with Gasteiger partial charge in [0, 0.05) is 18.5 Å². The monoisotopic (exact) mass is 190 g/mol. The third-order valence-electron chi connectivity index (χ3n) is 2.17. The summed E-state index contributed by atoms with van der Waals surface area (Å²) >= 11 is 0. The molecule has 4 nitrogen and oxygen atoms in total. The highest BCUT2D eigenvalue weighted by Gasteiger charge is 2.08. The summed E-state index contributed by atoms with van der Waals surface area (Å²) in [5, 5.41) is 9.68. The average Bonchev–Trinajstić information content (AvgIpc) is 2.56. The Labute approximate surface area is 80.7 Å². The Morgan fingerprint density at radius 1 is 1.43 bits per heavy atom. The van der Waals surface area contributed by atoms with Crippen molar-refractivity contribution in [1.82, 2.24) is 4.57 Å². The number of carbonyl (C=O) groups is 1. The van der Waals surface area contributed by atoms with Gasteiger partial charge in [0.15, 0.2) is 0 Å². The first kappa shape index (κ1) is 8.77. The number of hydrogen-bond donors (Lipinski definition) is 2. The number of benzene rings is 1. The van der Waals surface area contributed by atoms with Crippen LogP contribution in [-0.4, -0.2) is 15.7 Å². The quantitative estimate of drug-likeness (QED) is 0.677. The number of carbonyl (C=O) groups excluding carboxylic acids is 1. The van der Waals surface area contributed by atoms with Gasteiger partial charge in [-0.2, -0.15) is 0 Å². The van der Waals surface area contributed by atoms with Crippen molar-refractivity contribution < 1.29 is 10.0 Å². The Balaban J connectivity index is 2.80. The Hall–Kier alpha value is -1.81. The first-order chi connectivity index (χ1) is 6.74. The molecule has 0 fully saturated rings. The topological polar surface area (TPSA) is 54.3 Å². The van der Waals surface area contributed by atoms with Crippen molar-refractivity contribution in [2.24, 2.45) is 0 Å². The van der Waals surface area contributed by atoms with Crippen LogP contribution in [0, 0.1) is 0 Å². The lowest BCUT2D eigenvalue weighted by Crippen LogP contribution is -2.02. The predicted octanol–water partition coefficient (Wildman–Crippen LogP) is 2.10. The lowest BCUT2D eigenvalue weighted by molar-refractivity contribution is 0.0942. The largest absolute Gasteiger partial charge is 0.291 e. The summed E-state index contributed by atoms with van der Waals surface area (Å²) in [7, 11) is 0. The summed E-state index contributed by atoms with van der Waals surface area (Å²) in [6, 6.07) is 7.38. The normalized spacial score (nSPS) is 10.4. The van der Waals surface area contributed by atoms with Crippen molar-refractivity contribution in [2.45, 2.75) is 6.92 Å². The third kappa shape index (κ3) is 1.16. The second-order valence-corrected chi connectivity index (χ2v) is 3.06. The van der Waals surface area contributed by atoms with Crippen LogP contribution < -0.4 is 5.48 Å². The number of nitrogens with one attached hydrogen (secondary N) is 1. The molecule has 0 aliphatic rings. The zero-order chi connectivity index (χ0) is 10.1. The molecule has 2 aromatic rings. The SMILES string of the molecule is CC(=O)n1cc(NO)c2ccccc21. The minimum Gasteiger partial charge on any atom is -0.291 e. The maximum Gasteiger partial charge on any atom is 0.228 e. The summed E-state index contributed by atoms with van der Waals surface area (Å²) in [5.41, 5.74) is 3.40. The Morgan fingerprint density at radius 2 is 2.14 bits per heavy atom. The molecule has 0 spiro atoms. The molecule has 0 bridgehead atoms. The zero-order valence-electron chi connectivity index (χ0n) is 7.69. The zero-order valence-corrected chi connectivity index (χ0v) is 7.69. The molecule has 0 saturated heterocycles. The molecule has 0 aliphatic carbocycles. The standard InChI is InChI=1S/C10H10N2O2/c1-7(13)12-6-9(11-14)8-4-2-3-5-10(8)12/h2-6,11,14H,1H3. The lowest BCUT2D eigenvalue weighted by atomic mass is 10.2. The van der Waals surface area contributed by atoms with Crippen LogP contribution in [0.4, 0.5) is 5.69 Å². The van der Waals surface area contributed by atoms with Crippen LogP contribution in [0.25, 0.3) is 10.9 Å². The maximum absolute atomic E-state index is 11.2. The second-order valence-electron chi connectivity index (χ2n) is 3.06. The molecule has 1 heterocycles. The molecule has 72 valence electrons. The van der Waals surface area contributed by atoms with Gasteiger partial charge in [-0.05, 0) is 6.07 Å². The number of rotatable bonds is 1. The highest BCUT2D eigenvalue weighted by molar-refractivity contribution is 5.99. The van der Waals surface area contributed by atoms with Crippen molar-refractivity contribution in [2.75, 3.05) is 5.48 Å². The Morgan fingerprint density at radius 3 is 2.79 bits per heavy atom. The minimum absolute atomic E-state index is 0.0808.